The number of aryl methyl sites for hydroxylation is 1. The van der Waals surface area contributed by atoms with Crippen LogP contribution in [0.5, 0.6) is 0 Å². The third-order valence-electron chi connectivity index (χ3n) is 6.90. The number of alkyl halides is 1. The second kappa shape index (κ2) is 9.41. The van der Waals surface area contributed by atoms with Crippen LogP contribution in [0.25, 0.3) is 16.7 Å². The maximum atomic E-state index is 14.3. The van der Waals surface area contributed by atoms with Gasteiger partial charge in [0.1, 0.15) is 17.1 Å². The fourth-order valence-electron chi connectivity index (χ4n) is 4.58. The smallest absolute Gasteiger partial charge is 0.408 e. The predicted molar refractivity (Wildman–Crippen MR) is 129 cm³/mol. The summed E-state index contributed by atoms with van der Waals surface area (Å²) in [5.41, 5.74) is 0.0779. The number of fused-ring (bicyclic) bond motifs is 2. The number of halogens is 2. The van der Waals surface area contributed by atoms with Gasteiger partial charge in [-0.3, -0.25) is 14.2 Å². The molecule has 0 aliphatic heterocycles. The van der Waals surface area contributed by atoms with Gasteiger partial charge in [0.05, 0.1) is 11.7 Å². The molecule has 1 aliphatic rings. The first-order chi connectivity index (χ1) is 17.6. The standard InChI is InChI=1S/C25H26F2N6O4/c1-25(27)7-5-14(6-8-25)11-29-23(35)19-10-17(31-21-16(26)13-30-33(19)21)22(34)28-12-15-3-4-20-18(9-15)32(2)24(36)37-20/h3-4,9-10,13-14H,5-8,11-12H2,1-2H3,(H,28,34)(H,29,35). The van der Waals surface area contributed by atoms with Crippen molar-refractivity contribution < 1.29 is 22.8 Å². The summed E-state index contributed by atoms with van der Waals surface area (Å²) in [6, 6.07) is 6.30. The average molecular weight is 513 g/mol. The van der Waals surface area contributed by atoms with E-state index in [1.54, 1.807) is 32.2 Å². The zero-order valence-electron chi connectivity index (χ0n) is 20.4. The van der Waals surface area contributed by atoms with E-state index in [1.807, 2.05) is 0 Å². The molecule has 194 valence electrons. The molecular formula is C25H26F2N6O4. The van der Waals surface area contributed by atoms with Gasteiger partial charge in [-0.15, -0.1) is 0 Å². The molecule has 3 aromatic heterocycles. The summed E-state index contributed by atoms with van der Waals surface area (Å²) in [4.78, 5) is 41.6. The molecule has 4 aromatic rings. The zero-order valence-corrected chi connectivity index (χ0v) is 20.4. The highest BCUT2D eigenvalue weighted by molar-refractivity contribution is 5.98. The maximum absolute atomic E-state index is 14.3. The van der Waals surface area contributed by atoms with Crippen molar-refractivity contribution in [1.82, 2.24) is 29.8 Å². The number of carbonyl (C=O) groups excluding carboxylic acids is 2. The van der Waals surface area contributed by atoms with E-state index >= 15 is 0 Å². The van der Waals surface area contributed by atoms with E-state index in [9.17, 15) is 23.2 Å². The van der Waals surface area contributed by atoms with Crippen molar-refractivity contribution in [3.05, 3.63) is 63.8 Å². The minimum Gasteiger partial charge on any atom is -0.408 e. The molecule has 1 aromatic carbocycles. The number of oxazole rings is 1. The van der Waals surface area contributed by atoms with Crippen molar-refractivity contribution in [2.24, 2.45) is 13.0 Å². The van der Waals surface area contributed by atoms with Gasteiger partial charge in [-0.25, -0.2) is 23.1 Å². The largest absolute Gasteiger partial charge is 0.419 e. The Labute approximate surface area is 209 Å². The fourth-order valence-corrected chi connectivity index (χ4v) is 4.58. The first-order valence-electron chi connectivity index (χ1n) is 12.0. The number of hydrogen-bond donors (Lipinski definition) is 2. The van der Waals surface area contributed by atoms with Crippen LogP contribution in [0.3, 0.4) is 0 Å². The molecule has 2 N–H and O–H groups in total. The van der Waals surface area contributed by atoms with Gasteiger partial charge in [-0.05, 0) is 56.2 Å². The molecule has 0 spiro atoms. The summed E-state index contributed by atoms with van der Waals surface area (Å²) in [6.07, 6.45) is 3.11. The van der Waals surface area contributed by atoms with Crippen LogP contribution in [-0.2, 0) is 13.6 Å². The molecule has 0 radical (unpaired) electrons. The van der Waals surface area contributed by atoms with E-state index in [0.29, 0.717) is 48.9 Å². The van der Waals surface area contributed by atoms with E-state index in [0.717, 1.165) is 10.7 Å². The quantitative estimate of drug-likeness (QED) is 0.410. The fraction of sp³-hybridized carbons (Fsp3) is 0.400. The molecule has 0 atom stereocenters. The Kier molecular flexibility index (Phi) is 6.26. The first-order valence-corrected chi connectivity index (χ1v) is 12.0. The Balaban J connectivity index is 1.32. The number of rotatable bonds is 6. The Hall–Kier alpha value is -4.09. The minimum atomic E-state index is -1.17. The number of aromatic nitrogens is 4. The number of carbonyl (C=O) groups is 2. The highest BCUT2D eigenvalue weighted by atomic mass is 19.1. The molecule has 12 heteroatoms. The third kappa shape index (κ3) is 4.95. The molecular weight excluding hydrogens is 486 g/mol. The Morgan fingerprint density at radius 1 is 1.19 bits per heavy atom. The minimum absolute atomic E-state index is 0.0417. The molecule has 0 saturated heterocycles. The molecule has 1 aliphatic carbocycles. The normalized spacial score (nSPS) is 19.8. The lowest BCUT2D eigenvalue weighted by molar-refractivity contribution is 0.0887. The van der Waals surface area contributed by atoms with Gasteiger partial charge in [0.2, 0.25) is 0 Å². The van der Waals surface area contributed by atoms with Gasteiger partial charge in [0, 0.05) is 26.2 Å². The summed E-state index contributed by atoms with van der Waals surface area (Å²) in [5.74, 6) is -2.29. The zero-order chi connectivity index (χ0) is 26.3. The van der Waals surface area contributed by atoms with Gasteiger partial charge in [-0.1, -0.05) is 6.07 Å². The molecule has 1 fully saturated rings. The van der Waals surface area contributed by atoms with E-state index in [1.165, 1.54) is 10.6 Å². The molecule has 5 rings (SSSR count). The number of amides is 2. The molecule has 1 saturated carbocycles. The number of nitrogens with one attached hydrogen (secondary N) is 2. The Morgan fingerprint density at radius 2 is 1.95 bits per heavy atom. The van der Waals surface area contributed by atoms with Crippen LogP contribution < -0.4 is 16.4 Å². The average Bonchev–Trinajstić information content (AvgIpc) is 3.39. The molecule has 3 heterocycles. The summed E-state index contributed by atoms with van der Waals surface area (Å²) in [7, 11) is 1.58. The molecule has 2 amide bonds. The lowest BCUT2D eigenvalue weighted by Gasteiger charge is -2.31. The lowest BCUT2D eigenvalue weighted by Crippen LogP contribution is -2.35. The monoisotopic (exact) mass is 512 g/mol. The number of hydrogen-bond acceptors (Lipinski definition) is 6. The lowest BCUT2D eigenvalue weighted by atomic mass is 9.81. The van der Waals surface area contributed by atoms with Crippen LogP contribution in [0.4, 0.5) is 8.78 Å². The molecule has 10 nitrogen and oxygen atoms in total. The van der Waals surface area contributed by atoms with Crippen molar-refractivity contribution in [3.63, 3.8) is 0 Å². The summed E-state index contributed by atoms with van der Waals surface area (Å²) in [6.45, 7) is 2.02. The third-order valence-corrected chi connectivity index (χ3v) is 6.90. The van der Waals surface area contributed by atoms with Gasteiger partial charge < -0.3 is 15.1 Å². The Bertz CT molecular complexity index is 1560. The van der Waals surface area contributed by atoms with E-state index < -0.39 is 29.1 Å². The first kappa shape index (κ1) is 24.6. The second-order valence-corrected chi connectivity index (χ2v) is 9.73. The van der Waals surface area contributed by atoms with Crippen LogP contribution in [0.2, 0.25) is 0 Å². The molecule has 37 heavy (non-hydrogen) atoms. The Morgan fingerprint density at radius 3 is 2.70 bits per heavy atom. The molecule has 0 unspecified atom stereocenters. The van der Waals surface area contributed by atoms with Crippen molar-refractivity contribution in [2.45, 2.75) is 44.8 Å². The molecule has 0 bridgehead atoms. The highest BCUT2D eigenvalue weighted by Crippen LogP contribution is 2.34. The van der Waals surface area contributed by atoms with Crippen LogP contribution in [0, 0.1) is 11.7 Å². The summed E-state index contributed by atoms with van der Waals surface area (Å²) in [5, 5.41) is 9.39. The van der Waals surface area contributed by atoms with Gasteiger partial charge in [0.25, 0.3) is 11.8 Å². The second-order valence-electron chi connectivity index (χ2n) is 9.73. The van der Waals surface area contributed by atoms with Crippen molar-refractivity contribution in [3.8, 4) is 0 Å². The van der Waals surface area contributed by atoms with E-state index in [-0.39, 0.29) is 29.5 Å². The predicted octanol–water partition coefficient (Wildman–Crippen LogP) is 2.89. The van der Waals surface area contributed by atoms with Crippen molar-refractivity contribution >= 4 is 28.6 Å². The topological polar surface area (TPSA) is 124 Å². The van der Waals surface area contributed by atoms with Crippen molar-refractivity contribution in [2.75, 3.05) is 6.54 Å². The highest BCUT2D eigenvalue weighted by Gasteiger charge is 2.31. The van der Waals surface area contributed by atoms with Gasteiger partial charge in [-0.2, -0.15) is 5.10 Å². The van der Waals surface area contributed by atoms with Crippen LogP contribution in [-0.4, -0.2) is 43.2 Å². The number of benzene rings is 1. The number of nitrogens with zero attached hydrogens (tertiary/aromatic N) is 4. The SMILES string of the molecule is Cn1c(=O)oc2ccc(CNC(=O)c3cc(C(=O)NCC4CCC(C)(F)CC4)n4ncc(F)c4n3)cc21. The van der Waals surface area contributed by atoms with Crippen LogP contribution in [0.15, 0.2) is 39.7 Å². The van der Waals surface area contributed by atoms with Gasteiger partial charge >= 0.3 is 5.76 Å². The van der Waals surface area contributed by atoms with Crippen LogP contribution in [0.1, 0.15) is 59.1 Å². The maximum Gasteiger partial charge on any atom is 0.419 e. The summed E-state index contributed by atoms with van der Waals surface area (Å²) >= 11 is 0. The van der Waals surface area contributed by atoms with E-state index in [2.05, 4.69) is 20.7 Å². The van der Waals surface area contributed by atoms with Gasteiger partial charge in [0.15, 0.2) is 17.0 Å². The summed E-state index contributed by atoms with van der Waals surface area (Å²) < 4.78 is 35.9. The van der Waals surface area contributed by atoms with Crippen LogP contribution >= 0.6 is 0 Å². The van der Waals surface area contributed by atoms with Crippen molar-refractivity contribution in [1.29, 1.82) is 0 Å². The van der Waals surface area contributed by atoms with E-state index in [4.69, 9.17) is 4.42 Å².